The summed E-state index contributed by atoms with van der Waals surface area (Å²) in [7, 11) is 0. The molecule has 96 valence electrons. The van der Waals surface area contributed by atoms with E-state index in [4.69, 9.17) is 34.3 Å². The van der Waals surface area contributed by atoms with Crippen LogP contribution in [0.5, 0.6) is 0 Å². The van der Waals surface area contributed by atoms with Crippen molar-refractivity contribution in [2.24, 2.45) is 0 Å². The van der Waals surface area contributed by atoms with Crippen LogP contribution in [0, 0.1) is 0 Å². The number of rotatable bonds is 2. The molecule has 0 amide bonds. The van der Waals surface area contributed by atoms with Gasteiger partial charge in [0.25, 0.3) is 0 Å². The molecule has 2 aliphatic heterocycles. The minimum absolute atomic E-state index is 0.500. The predicted molar refractivity (Wildman–Crippen MR) is 60.7 cm³/mol. The quantitative estimate of drug-likeness (QED) is 0.334. The fourth-order valence-corrected chi connectivity index (χ4v) is 2.65. The third kappa shape index (κ3) is 3.75. The van der Waals surface area contributed by atoms with E-state index in [-0.39, 0.29) is 0 Å². The molecule has 2 saturated heterocycles. The molecule has 0 saturated carbocycles. The number of carbonyl (C=O) groups excluding carboxylic acids is 1. The van der Waals surface area contributed by atoms with Gasteiger partial charge in [0.15, 0.2) is 0 Å². The summed E-state index contributed by atoms with van der Waals surface area (Å²) in [4.78, 5) is 8.25. The minimum atomic E-state index is -0.500. The van der Waals surface area contributed by atoms with Crippen LogP contribution in [0.4, 0.5) is 0 Å². The fourth-order valence-electron chi connectivity index (χ4n) is 1.07. The summed E-state index contributed by atoms with van der Waals surface area (Å²) in [5.74, 6) is 0. The van der Waals surface area contributed by atoms with Crippen LogP contribution in [0.3, 0.4) is 0 Å². The van der Waals surface area contributed by atoms with Gasteiger partial charge in [-0.15, -0.1) is 0 Å². The summed E-state index contributed by atoms with van der Waals surface area (Å²) in [6.45, 7) is 3.24. The van der Waals surface area contributed by atoms with Crippen LogP contribution in [-0.2, 0) is 20.2 Å². The zero-order chi connectivity index (χ0) is 12.0. The van der Waals surface area contributed by atoms with Gasteiger partial charge < -0.3 is 9.90 Å². The van der Waals surface area contributed by atoms with E-state index in [9.17, 15) is 0 Å². The van der Waals surface area contributed by atoms with E-state index >= 15 is 0 Å². The number of hydrogen-bond acceptors (Lipinski definition) is 4. The first-order chi connectivity index (χ1) is 7.69. The van der Waals surface area contributed by atoms with Gasteiger partial charge in [0, 0.05) is 6.47 Å². The van der Waals surface area contributed by atoms with Crippen LogP contribution in [0.2, 0.25) is 0 Å². The van der Waals surface area contributed by atoms with Crippen molar-refractivity contribution in [3.05, 3.63) is 0 Å². The molecule has 0 bridgehead atoms. The van der Waals surface area contributed by atoms with Crippen molar-refractivity contribution in [3.63, 3.8) is 0 Å². The molecule has 16 heavy (non-hydrogen) atoms. The Balaban J connectivity index is 0.000000386. The number of thiocarbonyl (C=S) groups is 2. The third-order valence-corrected chi connectivity index (χ3v) is 3.95. The van der Waals surface area contributed by atoms with Crippen molar-refractivity contribution in [3.8, 4) is 0 Å². The Labute approximate surface area is 111 Å². The van der Waals surface area contributed by atoms with Crippen LogP contribution in [0.25, 0.3) is 0 Å². The fraction of sp³-hybridized carbons (Fsp3) is 0.571. The number of carboxylic acid groups (broad SMARTS) is 1. The van der Waals surface area contributed by atoms with Crippen molar-refractivity contribution in [2.75, 3.05) is 26.2 Å². The molecular formula is C7H11CuN4O2S2-2. The average molecular weight is 311 g/mol. The van der Waals surface area contributed by atoms with Gasteiger partial charge in [0.2, 0.25) is 0 Å². The molecule has 0 radical (unpaired) electrons. The molecule has 0 spiro atoms. The molecule has 2 rings (SSSR count). The number of carbonyl (C=O) groups is 1. The second-order valence-corrected chi connectivity index (χ2v) is 4.69. The van der Waals surface area contributed by atoms with Crippen LogP contribution >= 0.6 is 24.4 Å². The van der Waals surface area contributed by atoms with Gasteiger partial charge in [-0.05, 0) is 0 Å². The summed E-state index contributed by atoms with van der Waals surface area (Å²) in [6, 6.07) is 0. The summed E-state index contributed by atoms with van der Waals surface area (Å²) in [5.41, 5.74) is 0. The molecule has 0 aromatic rings. The van der Waals surface area contributed by atoms with Crippen molar-refractivity contribution in [1.29, 1.82) is 0 Å². The summed E-state index contributed by atoms with van der Waals surface area (Å²) < 4.78 is 4.08. The summed E-state index contributed by atoms with van der Waals surface area (Å²) >= 11 is 11.9. The second kappa shape index (κ2) is 6.85. The van der Waals surface area contributed by atoms with E-state index in [1.165, 1.54) is 0 Å². The maximum atomic E-state index is 8.25. The van der Waals surface area contributed by atoms with Gasteiger partial charge in [-0.2, -0.15) is 0 Å². The second-order valence-electron chi connectivity index (χ2n) is 2.71. The van der Waals surface area contributed by atoms with Crippen molar-refractivity contribution < 1.29 is 25.3 Å². The molecular weight excluding hydrogens is 300 g/mol. The summed E-state index contributed by atoms with van der Waals surface area (Å²) in [6.07, 6.45) is 0. The SMILES string of the molecule is O=C[O-].S=C1NCC[N]1[Cu-][N]1CCNC1=S. The monoisotopic (exact) mass is 310 g/mol. The zero-order valence-electron chi connectivity index (χ0n) is 8.23. The molecule has 9 heteroatoms. The molecule has 0 aliphatic carbocycles. The van der Waals surface area contributed by atoms with E-state index in [0.717, 1.165) is 36.4 Å². The Hall–Kier alpha value is -0.631. The standard InChI is InChI=1S/2C3H6N2S.CH2O2.Cu/c2*6-3-4-1-2-5-3;2-1-3;/h2*1-2H2,(H2,4,5,6);1H,(H,2,3);/q;;;+1/p-3. The molecule has 2 aliphatic rings. The first kappa shape index (κ1) is 13.4. The number of hydrogen-bond donors (Lipinski definition) is 2. The molecule has 0 aromatic heterocycles. The third-order valence-electron chi connectivity index (χ3n) is 1.69. The first-order valence-corrected chi connectivity index (χ1v) is 6.09. The van der Waals surface area contributed by atoms with Crippen molar-refractivity contribution in [2.45, 2.75) is 0 Å². The van der Waals surface area contributed by atoms with Gasteiger partial charge in [0.05, 0.1) is 0 Å². The maximum absolute atomic E-state index is 8.25. The first-order valence-electron chi connectivity index (χ1n) is 4.44. The van der Waals surface area contributed by atoms with E-state index in [1.807, 2.05) is 7.83 Å². The number of nitrogens with zero attached hydrogens (tertiary/aromatic N) is 2. The van der Waals surface area contributed by atoms with Crippen LogP contribution in [-0.4, -0.2) is 50.7 Å². The van der Waals surface area contributed by atoms with Gasteiger partial charge >= 0.3 is 94.7 Å². The zero-order valence-corrected chi connectivity index (χ0v) is 10.8. The normalized spacial score (nSPS) is 19.0. The van der Waals surface area contributed by atoms with E-state index in [1.54, 1.807) is 15.4 Å². The molecule has 0 aromatic carbocycles. The summed E-state index contributed by atoms with van der Waals surface area (Å²) in [5, 5.41) is 16.1. The predicted octanol–water partition coefficient (Wildman–Crippen LogP) is -2.35. The van der Waals surface area contributed by atoms with Crippen molar-refractivity contribution in [1.82, 2.24) is 18.5 Å². The molecule has 6 nitrogen and oxygen atoms in total. The van der Waals surface area contributed by atoms with Crippen LogP contribution < -0.4 is 15.7 Å². The van der Waals surface area contributed by atoms with Crippen molar-refractivity contribution >= 4 is 41.1 Å². The molecule has 2 fully saturated rings. The topological polar surface area (TPSA) is 70.7 Å². The van der Waals surface area contributed by atoms with E-state index < -0.39 is 6.47 Å². The van der Waals surface area contributed by atoms with E-state index in [0.29, 0.717) is 0 Å². The molecule has 0 unspecified atom stereocenters. The molecule has 2 N–H and O–H groups in total. The van der Waals surface area contributed by atoms with Gasteiger partial charge in [0.1, 0.15) is 0 Å². The Bertz CT molecular complexity index is 268. The van der Waals surface area contributed by atoms with Crippen LogP contribution in [0.15, 0.2) is 0 Å². The van der Waals surface area contributed by atoms with Gasteiger partial charge in [-0.1, -0.05) is 0 Å². The molecule has 0 atom stereocenters. The van der Waals surface area contributed by atoms with Gasteiger partial charge in [-0.3, -0.25) is 0 Å². The van der Waals surface area contributed by atoms with Gasteiger partial charge in [-0.25, -0.2) is 0 Å². The Morgan fingerprint density at radius 3 is 1.81 bits per heavy atom. The average Bonchev–Trinajstić information content (AvgIpc) is 2.80. The van der Waals surface area contributed by atoms with E-state index in [2.05, 4.69) is 10.6 Å². The molecule has 2 heterocycles. The Morgan fingerprint density at radius 1 is 1.19 bits per heavy atom. The number of nitrogens with one attached hydrogen (secondary N) is 2. The Morgan fingerprint density at radius 2 is 1.56 bits per heavy atom. The van der Waals surface area contributed by atoms with Crippen LogP contribution in [0.1, 0.15) is 0 Å². The Kier molecular flexibility index (Phi) is 5.75.